The summed E-state index contributed by atoms with van der Waals surface area (Å²) in [6.45, 7) is 1.35. The summed E-state index contributed by atoms with van der Waals surface area (Å²) in [5, 5.41) is 10.7. The molecule has 0 fully saturated rings. The molecule has 94 valence electrons. The summed E-state index contributed by atoms with van der Waals surface area (Å²) >= 11 is 5.39. The number of aryl methyl sites for hydroxylation is 1. The lowest BCUT2D eigenvalue weighted by molar-refractivity contribution is -0.386. The highest BCUT2D eigenvalue weighted by Crippen LogP contribution is 2.33. The van der Waals surface area contributed by atoms with E-state index in [0.717, 1.165) is 6.20 Å². The highest BCUT2D eigenvalue weighted by Gasteiger charge is 2.35. The molecule has 0 spiro atoms. The maximum Gasteiger partial charge on any atom is 0.574 e. The fraction of sp³-hybridized carbons (Fsp3) is 0.375. The summed E-state index contributed by atoms with van der Waals surface area (Å²) in [7, 11) is 0. The topological polar surface area (TPSA) is 65.3 Å². The lowest BCUT2D eigenvalue weighted by Gasteiger charge is -2.11. The first-order valence-electron chi connectivity index (χ1n) is 4.21. The zero-order valence-corrected chi connectivity index (χ0v) is 9.17. The molecule has 0 atom stereocenters. The van der Waals surface area contributed by atoms with Gasteiger partial charge in [0.1, 0.15) is 5.56 Å². The lowest BCUT2D eigenvalue weighted by Crippen LogP contribution is -2.19. The normalized spacial score (nSPS) is 11.4. The average molecular weight is 271 g/mol. The third-order valence-corrected chi connectivity index (χ3v) is 2.09. The number of nitrogens with zero attached hydrogens (tertiary/aromatic N) is 2. The van der Waals surface area contributed by atoms with Gasteiger partial charge in [-0.25, -0.2) is 4.98 Å². The molecule has 0 saturated heterocycles. The first kappa shape index (κ1) is 13.5. The first-order chi connectivity index (χ1) is 7.76. The maximum atomic E-state index is 12.0. The Morgan fingerprint density at radius 1 is 1.59 bits per heavy atom. The van der Waals surface area contributed by atoms with E-state index < -0.39 is 34.3 Å². The van der Waals surface area contributed by atoms with Crippen LogP contribution in [0.4, 0.5) is 18.9 Å². The molecular weight excluding hydrogens is 265 g/mol. The Morgan fingerprint density at radius 3 is 2.59 bits per heavy atom. The van der Waals surface area contributed by atoms with Crippen LogP contribution in [0.3, 0.4) is 0 Å². The van der Waals surface area contributed by atoms with Crippen LogP contribution in [-0.2, 0) is 5.88 Å². The molecule has 5 nitrogen and oxygen atoms in total. The van der Waals surface area contributed by atoms with Crippen molar-refractivity contribution in [1.82, 2.24) is 4.98 Å². The molecule has 0 aliphatic rings. The number of alkyl halides is 4. The van der Waals surface area contributed by atoms with E-state index in [1.54, 1.807) is 0 Å². The van der Waals surface area contributed by atoms with Gasteiger partial charge in [-0.3, -0.25) is 10.1 Å². The molecule has 1 aromatic rings. The number of hydrogen-bond acceptors (Lipinski definition) is 4. The summed E-state index contributed by atoms with van der Waals surface area (Å²) in [5.74, 6) is -1.40. The van der Waals surface area contributed by atoms with Crippen molar-refractivity contribution in [3.8, 4) is 5.88 Å². The van der Waals surface area contributed by atoms with E-state index >= 15 is 0 Å². The largest absolute Gasteiger partial charge is 0.574 e. The Balaban J connectivity index is 3.33. The van der Waals surface area contributed by atoms with Crippen molar-refractivity contribution in [1.29, 1.82) is 0 Å². The minimum absolute atomic E-state index is 0.111. The molecule has 0 unspecified atom stereocenters. The highest BCUT2D eigenvalue weighted by atomic mass is 35.5. The van der Waals surface area contributed by atoms with E-state index in [1.165, 1.54) is 6.92 Å². The Bertz CT molecular complexity index is 450. The van der Waals surface area contributed by atoms with Gasteiger partial charge < -0.3 is 4.74 Å². The zero-order chi connectivity index (χ0) is 13.2. The molecule has 0 aliphatic heterocycles. The van der Waals surface area contributed by atoms with Crippen LogP contribution in [0.2, 0.25) is 0 Å². The molecular formula is C8H6ClF3N2O3. The average Bonchev–Trinajstić information content (AvgIpc) is 2.17. The lowest BCUT2D eigenvalue weighted by atomic mass is 10.2. The smallest absolute Gasteiger partial charge is 0.387 e. The van der Waals surface area contributed by atoms with Crippen LogP contribution in [0.1, 0.15) is 11.1 Å². The van der Waals surface area contributed by atoms with Gasteiger partial charge in [0.15, 0.2) is 0 Å². The molecule has 0 amide bonds. The SMILES string of the molecule is Cc1cnc(OC(F)(F)F)c(CCl)c1[N+](=O)[O-]. The van der Waals surface area contributed by atoms with Crippen LogP contribution < -0.4 is 4.74 Å². The van der Waals surface area contributed by atoms with Gasteiger partial charge in [0.2, 0.25) is 5.88 Å². The molecule has 0 N–H and O–H groups in total. The standard InChI is InChI=1S/C8H6ClF3N2O3/c1-4-3-13-7(17-8(10,11)12)5(2-9)6(4)14(15)16/h3H,2H2,1H3. The molecule has 1 aromatic heterocycles. The molecule has 0 aliphatic carbocycles. The second kappa shape index (κ2) is 4.74. The quantitative estimate of drug-likeness (QED) is 0.481. The van der Waals surface area contributed by atoms with Gasteiger partial charge in [-0.2, -0.15) is 0 Å². The van der Waals surface area contributed by atoms with Crippen LogP contribution in [0.15, 0.2) is 6.20 Å². The van der Waals surface area contributed by atoms with E-state index in [-0.39, 0.29) is 5.56 Å². The van der Waals surface area contributed by atoms with E-state index in [2.05, 4.69) is 9.72 Å². The predicted molar refractivity (Wildman–Crippen MR) is 51.9 cm³/mol. The van der Waals surface area contributed by atoms with E-state index in [0.29, 0.717) is 0 Å². The van der Waals surface area contributed by atoms with E-state index in [4.69, 9.17) is 11.6 Å². The molecule has 0 radical (unpaired) electrons. The van der Waals surface area contributed by atoms with Crippen molar-refractivity contribution in [3.63, 3.8) is 0 Å². The number of ether oxygens (including phenoxy) is 1. The van der Waals surface area contributed by atoms with Crippen LogP contribution in [0, 0.1) is 17.0 Å². The minimum atomic E-state index is -4.98. The number of aromatic nitrogens is 1. The Morgan fingerprint density at radius 2 is 2.18 bits per heavy atom. The summed E-state index contributed by atoms with van der Waals surface area (Å²) in [5.41, 5.74) is -0.802. The van der Waals surface area contributed by atoms with Gasteiger partial charge in [0.25, 0.3) is 5.69 Å². The number of hydrogen-bond donors (Lipinski definition) is 0. The van der Waals surface area contributed by atoms with Crippen LogP contribution >= 0.6 is 11.6 Å². The van der Waals surface area contributed by atoms with Crippen molar-refractivity contribution in [3.05, 3.63) is 27.4 Å². The number of nitro groups is 1. The second-order valence-electron chi connectivity index (χ2n) is 3.01. The van der Waals surface area contributed by atoms with Crippen molar-refractivity contribution >= 4 is 17.3 Å². The molecule has 1 rings (SSSR count). The van der Waals surface area contributed by atoms with Gasteiger partial charge >= 0.3 is 6.36 Å². The number of rotatable bonds is 3. The van der Waals surface area contributed by atoms with Crippen LogP contribution in [0.5, 0.6) is 5.88 Å². The summed E-state index contributed by atoms with van der Waals surface area (Å²) in [6.07, 6.45) is -4.05. The molecule has 1 heterocycles. The van der Waals surface area contributed by atoms with Gasteiger partial charge in [-0.15, -0.1) is 24.8 Å². The van der Waals surface area contributed by atoms with E-state index in [9.17, 15) is 23.3 Å². The Labute approximate surface area is 98.3 Å². The van der Waals surface area contributed by atoms with Gasteiger partial charge in [0.05, 0.1) is 10.8 Å². The van der Waals surface area contributed by atoms with Crippen LogP contribution in [-0.4, -0.2) is 16.3 Å². The number of halogens is 4. The fourth-order valence-electron chi connectivity index (χ4n) is 1.21. The minimum Gasteiger partial charge on any atom is -0.387 e. The highest BCUT2D eigenvalue weighted by molar-refractivity contribution is 6.17. The van der Waals surface area contributed by atoms with Crippen molar-refractivity contribution < 1.29 is 22.8 Å². The third-order valence-electron chi connectivity index (χ3n) is 1.82. The molecule has 0 bridgehead atoms. The van der Waals surface area contributed by atoms with Gasteiger partial charge in [0, 0.05) is 11.8 Å². The fourth-order valence-corrected chi connectivity index (χ4v) is 1.45. The molecule has 17 heavy (non-hydrogen) atoms. The monoisotopic (exact) mass is 270 g/mol. The van der Waals surface area contributed by atoms with Crippen LogP contribution in [0.25, 0.3) is 0 Å². The Hall–Kier alpha value is -1.57. The maximum absolute atomic E-state index is 12.0. The van der Waals surface area contributed by atoms with Crippen molar-refractivity contribution in [2.24, 2.45) is 0 Å². The molecule has 9 heteroatoms. The summed E-state index contributed by atoms with van der Waals surface area (Å²) < 4.78 is 39.6. The zero-order valence-electron chi connectivity index (χ0n) is 8.42. The molecule has 0 saturated carbocycles. The van der Waals surface area contributed by atoms with Gasteiger partial charge in [-0.1, -0.05) is 0 Å². The summed E-state index contributed by atoms with van der Waals surface area (Å²) in [6, 6.07) is 0. The predicted octanol–water partition coefficient (Wildman–Crippen LogP) is 2.94. The molecule has 0 aromatic carbocycles. The van der Waals surface area contributed by atoms with Crippen molar-refractivity contribution in [2.45, 2.75) is 19.2 Å². The Kier molecular flexibility index (Phi) is 3.76. The number of pyridine rings is 1. The summed E-state index contributed by atoms with van der Waals surface area (Å²) in [4.78, 5) is 13.2. The van der Waals surface area contributed by atoms with E-state index in [1.807, 2.05) is 0 Å². The third kappa shape index (κ3) is 3.19. The first-order valence-corrected chi connectivity index (χ1v) is 4.74. The second-order valence-corrected chi connectivity index (χ2v) is 3.28. The van der Waals surface area contributed by atoms with Gasteiger partial charge in [-0.05, 0) is 6.92 Å². The van der Waals surface area contributed by atoms with Crippen molar-refractivity contribution in [2.75, 3.05) is 0 Å².